The molecule has 0 atom stereocenters. The van der Waals surface area contributed by atoms with Crippen LogP contribution < -0.4 is 5.73 Å². The Bertz CT molecular complexity index is 558. The van der Waals surface area contributed by atoms with Gasteiger partial charge in [0.25, 0.3) is 0 Å². The number of methoxy groups -OCH3 is 1. The highest BCUT2D eigenvalue weighted by Gasteiger charge is 2.12. The van der Waals surface area contributed by atoms with Crippen LogP contribution in [0.3, 0.4) is 0 Å². The molecule has 0 fully saturated rings. The Hall–Kier alpha value is -2.23. The highest BCUT2D eigenvalue weighted by molar-refractivity contribution is 5.89. The number of nitrogens with zero attached hydrogens (tertiary/aromatic N) is 1. The molecule has 0 aliphatic carbocycles. The monoisotopic (exact) mass is 230 g/mol. The van der Waals surface area contributed by atoms with E-state index < -0.39 is 0 Å². The molecule has 0 aliphatic heterocycles. The van der Waals surface area contributed by atoms with Crippen LogP contribution in [0.15, 0.2) is 36.5 Å². The molecule has 1 heterocycles. The maximum atomic E-state index is 11.5. The minimum atomic E-state index is -0.345. The Morgan fingerprint density at radius 1 is 1.29 bits per heavy atom. The quantitative estimate of drug-likeness (QED) is 0.634. The van der Waals surface area contributed by atoms with Crippen LogP contribution >= 0.6 is 0 Å². The van der Waals surface area contributed by atoms with Crippen LogP contribution in [0.1, 0.15) is 10.5 Å². The number of aryl methyl sites for hydroxylation is 1. The molecule has 0 aliphatic rings. The molecule has 1 aromatic carbocycles. The molecule has 0 saturated heterocycles. The van der Waals surface area contributed by atoms with Gasteiger partial charge >= 0.3 is 5.97 Å². The second kappa shape index (κ2) is 4.33. The van der Waals surface area contributed by atoms with Gasteiger partial charge in [-0.25, -0.2) is 4.79 Å². The van der Waals surface area contributed by atoms with Crippen molar-refractivity contribution in [2.45, 2.75) is 0 Å². The van der Waals surface area contributed by atoms with Gasteiger partial charge in [0.2, 0.25) is 0 Å². The predicted octanol–water partition coefficient (Wildman–Crippen LogP) is 2.06. The second-order valence-corrected chi connectivity index (χ2v) is 3.84. The first-order chi connectivity index (χ1) is 8.11. The summed E-state index contributed by atoms with van der Waals surface area (Å²) in [5, 5.41) is 0. The molecule has 0 amide bonds. The molecule has 0 spiro atoms. The fraction of sp³-hybridized carbons (Fsp3) is 0.154. The summed E-state index contributed by atoms with van der Waals surface area (Å²) in [5.41, 5.74) is 8.87. The number of hydrogen-bond donors (Lipinski definition) is 1. The maximum Gasteiger partial charge on any atom is 0.354 e. The van der Waals surface area contributed by atoms with E-state index in [0.29, 0.717) is 11.4 Å². The third-order valence-electron chi connectivity index (χ3n) is 2.62. The van der Waals surface area contributed by atoms with Crippen molar-refractivity contribution < 1.29 is 9.53 Å². The van der Waals surface area contributed by atoms with Crippen LogP contribution in [0, 0.1) is 0 Å². The number of ether oxygens (including phenoxy) is 1. The lowest BCUT2D eigenvalue weighted by Crippen LogP contribution is -2.06. The smallest absolute Gasteiger partial charge is 0.354 e. The molecule has 0 radical (unpaired) electrons. The molecule has 1 aromatic heterocycles. The number of anilines is 1. The fourth-order valence-corrected chi connectivity index (χ4v) is 1.75. The van der Waals surface area contributed by atoms with Crippen molar-refractivity contribution in [2.75, 3.05) is 12.8 Å². The van der Waals surface area contributed by atoms with E-state index >= 15 is 0 Å². The van der Waals surface area contributed by atoms with Gasteiger partial charge in [-0.3, -0.25) is 0 Å². The molecule has 17 heavy (non-hydrogen) atoms. The Balaban J connectivity index is 2.44. The van der Waals surface area contributed by atoms with E-state index in [4.69, 9.17) is 10.5 Å². The lowest BCUT2D eigenvalue weighted by atomic mass is 10.1. The standard InChI is InChI=1S/C13H14N2O2/c1-15-8-10(7-12(15)13(16)17-2)9-4-3-5-11(14)6-9/h3-8H,14H2,1-2H3. The van der Waals surface area contributed by atoms with Gasteiger partial charge in [0, 0.05) is 24.5 Å². The number of rotatable bonds is 2. The van der Waals surface area contributed by atoms with Crippen molar-refractivity contribution in [1.82, 2.24) is 4.57 Å². The normalized spacial score (nSPS) is 10.2. The first-order valence-electron chi connectivity index (χ1n) is 5.22. The van der Waals surface area contributed by atoms with Gasteiger partial charge in [0.15, 0.2) is 0 Å². The van der Waals surface area contributed by atoms with Gasteiger partial charge in [-0.05, 0) is 23.8 Å². The number of aromatic nitrogens is 1. The molecular formula is C13H14N2O2. The summed E-state index contributed by atoms with van der Waals surface area (Å²) >= 11 is 0. The van der Waals surface area contributed by atoms with Gasteiger partial charge < -0.3 is 15.0 Å². The van der Waals surface area contributed by atoms with E-state index in [2.05, 4.69) is 0 Å². The van der Waals surface area contributed by atoms with E-state index in [1.165, 1.54) is 7.11 Å². The van der Waals surface area contributed by atoms with Crippen LogP contribution in [-0.2, 0) is 11.8 Å². The molecule has 2 N–H and O–H groups in total. The Morgan fingerprint density at radius 3 is 2.71 bits per heavy atom. The summed E-state index contributed by atoms with van der Waals surface area (Å²) in [5.74, 6) is -0.345. The largest absolute Gasteiger partial charge is 0.464 e. The number of nitrogens with two attached hydrogens (primary N) is 1. The molecule has 0 saturated carbocycles. The van der Waals surface area contributed by atoms with E-state index in [1.807, 2.05) is 37.5 Å². The van der Waals surface area contributed by atoms with Crippen molar-refractivity contribution >= 4 is 11.7 Å². The SMILES string of the molecule is COC(=O)c1cc(-c2cccc(N)c2)cn1C. The van der Waals surface area contributed by atoms with Gasteiger partial charge in [0.05, 0.1) is 7.11 Å². The Kier molecular flexibility index (Phi) is 2.87. The van der Waals surface area contributed by atoms with Gasteiger partial charge in [0.1, 0.15) is 5.69 Å². The number of nitrogen functional groups attached to an aromatic ring is 1. The third kappa shape index (κ3) is 2.15. The van der Waals surface area contributed by atoms with Crippen molar-refractivity contribution in [1.29, 1.82) is 0 Å². The van der Waals surface area contributed by atoms with E-state index in [-0.39, 0.29) is 5.97 Å². The molecule has 2 rings (SSSR count). The predicted molar refractivity (Wildman–Crippen MR) is 66.6 cm³/mol. The lowest BCUT2D eigenvalue weighted by Gasteiger charge is -1.98. The minimum Gasteiger partial charge on any atom is -0.464 e. The third-order valence-corrected chi connectivity index (χ3v) is 2.62. The maximum absolute atomic E-state index is 11.5. The average Bonchev–Trinajstić information content (AvgIpc) is 2.70. The molecular weight excluding hydrogens is 216 g/mol. The molecule has 4 heteroatoms. The van der Waals surface area contributed by atoms with Crippen molar-refractivity contribution in [3.8, 4) is 11.1 Å². The molecule has 2 aromatic rings. The summed E-state index contributed by atoms with van der Waals surface area (Å²) < 4.78 is 6.45. The van der Waals surface area contributed by atoms with Crippen LogP contribution in [0.5, 0.6) is 0 Å². The number of carbonyl (C=O) groups is 1. The van der Waals surface area contributed by atoms with E-state index in [1.54, 1.807) is 10.6 Å². The number of hydrogen-bond acceptors (Lipinski definition) is 3. The summed E-state index contributed by atoms with van der Waals surface area (Å²) in [4.78, 5) is 11.5. The zero-order chi connectivity index (χ0) is 12.4. The highest BCUT2D eigenvalue weighted by atomic mass is 16.5. The van der Waals surface area contributed by atoms with Crippen molar-refractivity contribution in [3.63, 3.8) is 0 Å². The molecule has 88 valence electrons. The highest BCUT2D eigenvalue weighted by Crippen LogP contribution is 2.23. The minimum absolute atomic E-state index is 0.345. The van der Waals surface area contributed by atoms with Gasteiger partial charge in [-0.2, -0.15) is 0 Å². The lowest BCUT2D eigenvalue weighted by molar-refractivity contribution is 0.0590. The van der Waals surface area contributed by atoms with Crippen LogP contribution in [0.25, 0.3) is 11.1 Å². The van der Waals surface area contributed by atoms with Gasteiger partial charge in [-0.15, -0.1) is 0 Å². The summed E-state index contributed by atoms with van der Waals surface area (Å²) in [6, 6.07) is 9.33. The molecule has 4 nitrogen and oxygen atoms in total. The Morgan fingerprint density at radius 2 is 2.06 bits per heavy atom. The van der Waals surface area contributed by atoms with Crippen molar-refractivity contribution in [3.05, 3.63) is 42.2 Å². The topological polar surface area (TPSA) is 57.2 Å². The van der Waals surface area contributed by atoms with E-state index in [0.717, 1.165) is 11.1 Å². The number of carbonyl (C=O) groups excluding carboxylic acids is 1. The summed E-state index contributed by atoms with van der Waals surface area (Å²) in [6.45, 7) is 0. The Labute approximate surface area is 99.6 Å². The first kappa shape index (κ1) is 11.3. The summed E-state index contributed by atoms with van der Waals surface area (Å²) in [7, 11) is 3.18. The number of benzene rings is 1. The summed E-state index contributed by atoms with van der Waals surface area (Å²) in [6.07, 6.45) is 1.88. The zero-order valence-electron chi connectivity index (χ0n) is 9.81. The second-order valence-electron chi connectivity index (χ2n) is 3.84. The van der Waals surface area contributed by atoms with Crippen LogP contribution in [0.4, 0.5) is 5.69 Å². The average molecular weight is 230 g/mol. The van der Waals surface area contributed by atoms with Crippen LogP contribution in [-0.4, -0.2) is 17.6 Å². The van der Waals surface area contributed by atoms with Crippen LogP contribution in [0.2, 0.25) is 0 Å². The molecule has 0 unspecified atom stereocenters. The number of esters is 1. The zero-order valence-corrected chi connectivity index (χ0v) is 9.81. The molecule has 0 bridgehead atoms. The van der Waals surface area contributed by atoms with E-state index in [9.17, 15) is 4.79 Å². The first-order valence-corrected chi connectivity index (χ1v) is 5.22. The van der Waals surface area contributed by atoms with Crippen molar-refractivity contribution in [2.24, 2.45) is 7.05 Å². The van der Waals surface area contributed by atoms with Gasteiger partial charge in [-0.1, -0.05) is 12.1 Å². The fourth-order valence-electron chi connectivity index (χ4n) is 1.75.